The van der Waals surface area contributed by atoms with Crippen LogP contribution < -0.4 is 5.56 Å². The van der Waals surface area contributed by atoms with E-state index in [1.807, 2.05) is 36.4 Å². The lowest BCUT2D eigenvalue weighted by Crippen LogP contribution is -2.23. The summed E-state index contributed by atoms with van der Waals surface area (Å²) in [4.78, 5) is 21.3. The highest BCUT2D eigenvalue weighted by Gasteiger charge is 2.28. The lowest BCUT2D eigenvalue weighted by Gasteiger charge is -2.15. The first kappa shape index (κ1) is 21.0. The van der Waals surface area contributed by atoms with Crippen LogP contribution >= 0.6 is 11.6 Å². The number of rotatable bonds is 4. The maximum atomic E-state index is 13.3. The maximum absolute atomic E-state index is 13.3. The van der Waals surface area contributed by atoms with Crippen LogP contribution in [0.1, 0.15) is 29.5 Å². The number of H-pyrrole nitrogens is 1. The molecule has 1 N–H and O–H groups in total. The normalized spacial score (nSPS) is 14.6. The van der Waals surface area contributed by atoms with Gasteiger partial charge >= 0.3 is 0 Å². The van der Waals surface area contributed by atoms with E-state index >= 15 is 0 Å². The van der Waals surface area contributed by atoms with Gasteiger partial charge in [-0.15, -0.1) is 5.10 Å². The zero-order valence-electron chi connectivity index (χ0n) is 18.3. The highest BCUT2D eigenvalue weighted by Crippen LogP contribution is 2.34. The number of halogens is 1. The number of tetrazole rings is 1. The van der Waals surface area contributed by atoms with Crippen molar-refractivity contribution in [3.63, 3.8) is 0 Å². The Balaban J connectivity index is 1.39. The molecule has 3 aromatic heterocycles. The van der Waals surface area contributed by atoms with Crippen LogP contribution in [0.5, 0.6) is 0 Å². The van der Waals surface area contributed by atoms with Gasteiger partial charge in [-0.1, -0.05) is 23.7 Å². The molecule has 10 heteroatoms. The highest BCUT2D eigenvalue weighted by molar-refractivity contribution is 6.31. The van der Waals surface area contributed by atoms with E-state index in [1.165, 1.54) is 6.33 Å². The van der Waals surface area contributed by atoms with Crippen molar-refractivity contribution in [3.8, 4) is 34.1 Å². The number of pyridine rings is 1. The standard InChI is InChI=1S/C25H17ClN8O/c26-18-4-6-22(33-14-29-31-32-33)20(11-18)17-9-19-5-7-23(34(19)24(35)10-17)25-28-13-21(30-25)16-3-1-2-15(8-16)12-27/h1-4,6,8-11,13-14,23H,5,7H2,(H,28,30)/t23-/m0/s1. The summed E-state index contributed by atoms with van der Waals surface area (Å²) in [6.07, 6.45) is 4.73. The van der Waals surface area contributed by atoms with Crippen LogP contribution in [0.25, 0.3) is 28.1 Å². The number of fused-ring (bicyclic) bond motifs is 1. The van der Waals surface area contributed by atoms with Gasteiger partial charge in [0.15, 0.2) is 0 Å². The lowest BCUT2D eigenvalue weighted by molar-refractivity contribution is 0.572. The van der Waals surface area contributed by atoms with Crippen LogP contribution in [0.4, 0.5) is 0 Å². The number of aryl methyl sites for hydroxylation is 1. The fraction of sp³-hybridized carbons (Fsp3) is 0.120. The predicted octanol–water partition coefficient (Wildman–Crippen LogP) is 3.94. The van der Waals surface area contributed by atoms with E-state index in [4.69, 9.17) is 11.6 Å². The molecule has 1 atom stereocenters. The zero-order chi connectivity index (χ0) is 23.9. The second kappa shape index (κ2) is 8.34. The maximum Gasteiger partial charge on any atom is 0.252 e. The molecule has 0 aliphatic carbocycles. The fourth-order valence-electron chi connectivity index (χ4n) is 4.63. The van der Waals surface area contributed by atoms with E-state index in [2.05, 4.69) is 31.6 Å². The van der Waals surface area contributed by atoms with Gasteiger partial charge in [0.25, 0.3) is 5.56 Å². The molecule has 0 saturated heterocycles. The average molecular weight is 481 g/mol. The molecule has 2 aromatic carbocycles. The summed E-state index contributed by atoms with van der Waals surface area (Å²) in [5, 5.41) is 21.2. The van der Waals surface area contributed by atoms with Crippen molar-refractivity contribution >= 4 is 11.6 Å². The minimum Gasteiger partial charge on any atom is -0.340 e. The molecule has 0 unspecified atom stereocenters. The van der Waals surface area contributed by atoms with Crippen molar-refractivity contribution in [2.24, 2.45) is 0 Å². The Labute approximate surface area is 204 Å². The van der Waals surface area contributed by atoms with Crippen LogP contribution in [0.15, 0.2) is 71.9 Å². The average Bonchev–Trinajstić information content (AvgIpc) is 3.64. The van der Waals surface area contributed by atoms with Crippen LogP contribution in [0, 0.1) is 11.3 Å². The lowest BCUT2D eigenvalue weighted by atomic mass is 10.0. The topological polar surface area (TPSA) is 118 Å². The summed E-state index contributed by atoms with van der Waals surface area (Å²) < 4.78 is 3.34. The minimum atomic E-state index is -0.196. The quantitative estimate of drug-likeness (QED) is 0.416. The smallest absolute Gasteiger partial charge is 0.252 e. The van der Waals surface area contributed by atoms with Crippen molar-refractivity contribution in [1.29, 1.82) is 5.26 Å². The summed E-state index contributed by atoms with van der Waals surface area (Å²) in [5.41, 5.74) is 5.32. The summed E-state index contributed by atoms with van der Waals surface area (Å²) in [6.45, 7) is 0. The first-order chi connectivity index (χ1) is 17.1. The number of nitriles is 1. The molecule has 0 bridgehead atoms. The second-order valence-electron chi connectivity index (χ2n) is 8.29. The van der Waals surface area contributed by atoms with Crippen molar-refractivity contribution < 1.29 is 0 Å². The van der Waals surface area contributed by atoms with E-state index in [0.29, 0.717) is 16.4 Å². The van der Waals surface area contributed by atoms with Gasteiger partial charge in [0, 0.05) is 27.9 Å². The molecule has 6 rings (SSSR count). The third-order valence-corrected chi connectivity index (χ3v) is 6.45. The number of nitrogens with zero attached hydrogens (tertiary/aromatic N) is 7. The molecule has 5 aromatic rings. The number of nitrogens with one attached hydrogen (secondary N) is 1. The largest absolute Gasteiger partial charge is 0.340 e. The molecule has 4 heterocycles. The third-order valence-electron chi connectivity index (χ3n) is 6.21. The summed E-state index contributed by atoms with van der Waals surface area (Å²) in [5.74, 6) is 0.716. The summed E-state index contributed by atoms with van der Waals surface area (Å²) in [7, 11) is 0. The van der Waals surface area contributed by atoms with Gasteiger partial charge in [-0.05, 0) is 65.2 Å². The Bertz CT molecular complexity index is 1660. The molecular formula is C25H17ClN8O. The Kier molecular flexibility index (Phi) is 5.01. The molecule has 0 spiro atoms. The number of benzene rings is 2. The summed E-state index contributed by atoms with van der Waals surface area (Å²) in [6, 6.07) is 18.3. The molecule has 1 aliphatic heterocycles. The molecule has 170 valence electrons. The molecule has 1 aliphatic rings. The van der Waals surface area contributed by atoms with Crippen LogP contribution in [-0.2, 0) is 6.42 Å². The Morgan fingerprint density at radius 2 is 2.03 bits per heavy atom. The minimum absolute atomic E-state index is 0.118. The van der Waals surface area contributed by atoms with Gasteiger partial charge in [-0.2, -0.15) is 9.94 Å². The number of hydrogen-bond acceptors (Lipinski definition) is 6. The molecule has 35 heavy (non-hydrogen) atoms. The number of hydrogen-bond donors (Lipinski definition) is 1. The molecule has 0 amide bonds. The van der Waals surface area contributed by atoms with Gasteiger partial charge in [0.05, 0.1) is 35.3 Å². The fourth-order valence-corrected chi connectivity index (χ4v) is 4.80. The van der Waals surface area contributed by atoms with Gasteiger partial charge in [0.1, 0.15) is 12.2 Å². The first-order valence-electron chi connectivity index (χ1n) is 10.9. The van der Waals surface area contributed by atoms with Crippen LogP contribution in [0.2, 0.25) is 5.02 Å². The molecular weight excluding hydrogens is 464 g/mol. The van der Waals surface area contributed by atoms with E-state index < -0.39 is 0 Å². The van der Waals surface area contributed by atoms with E-state index in [-0.39, 0.29) is 11.6 Å². The second-order valence-corrected chi connectivity index (χ2v) is 8.73. The van der Waals surface area contributed by atoms with Crippen molar-refractivity contribution in [2.45, 2.75) is 18.9 Å². The number of aromatic nitrogens is 7. The molecule has 0 fully saturated rings. The SMILES string of the molecule is N#Cc1cccc(-c2cnc([C@@H]3CCc4cc(-c5cc(Cl)ccc5-n5cnnn5)cc(=O)n43)[nH]2)c1. The Hall–Kier alpha value is -4.55. The molecule has 0 radical (unpaired) electrons. The third kappa shape index (κ3) is 3.70. The van der Waals surface area contributed by atoms with E-state index in [9.17, 15) is 10.1 Å². The van der Waals surface area contributed by atoms with Gasteiger partial charge in [-0.3, -0.25) is 4.79 Å². The predicted molar refractivity (Wildman–Crippen MR) is 129 cm³/mol. The Morgan fingerprint density at radius 3 is 2.86 bits per heavy atom. The van der Waals surface area contributed by atoms with Crippen molar-refractivity contribution in [1.82, 2.24) is 34.7 Å². The van der Waals surface area contributed by atoms with Gasteiger partial charge in [-0.25, -0.2) is 4.98 Å². The van der Waals surface area contributed by atoms with Gasteiger partial charge in [0.2, 0.25) is 0 Å². The molecule has 9 nitrogen and oxygen atoms in total. The first-order valence-corrected chi connectivity index (χ1v) is 11.3. The van der Waals surface area contributed by atoms with Crippen molar-refractivity contribution in [2.75, 3.05) is 0 Å². The van der Waals surface area contributed by atoms with Crippen LogP contribution in [0.3, 0.4) is 0 Å². The summed E-state index contributed by atoms with van der Waals surface area (Å²) >= 11 is 6.29. The van der Waals surface area contributed by atoms with Gasteiger partial charge < -0.3 is 9.55 Å². The molecule has 0 saturated carbocycles. The van der Waals surface area contributed by atoms with E-state index in [1.54, 1.807) is 33.6 Å². The van der Waals surface area contributed by atoms with Crippen LogP contribution in [-0.4, -0.2) is 34.7 Å². The zero-order valence-corrected chi connectivity index (χ0v) is 19.0. The highest BCUT2D eigenvalue weighted by atomic mass is 35.5. The van der Waals surface area contributed by atoms with Crippen molar-refractivity contribution in [3.05, 3.63) is 99.6 Å². The number of imidazole rings is 1. The van der Waals surface area contributed by atoms with E-state index in [0.717, 1.165) is 46.6 Å². The Morgan fingerprint density at radius 1 is 1.11 bits per heavy atom. The monoisotopic (exact) mass is 480 g/mol. The number of aromatic amines is 1.